The van der Waals surface area contributed by atoms with Crippen LogP contribution < -0.4 is 5.73 Å². The third kappa shape index (κ3) is 2.97. The second-order valence-electron chi connectivity index (χ2n) is 5.02. The van der Waals surface area contributed by atoms with Crippen LogP contribution in [0.5, 0.6) is 5.75 Å². The topological polar surface area (TPSA) is 114 Å². The zero-order valence-electron chi connectivity index (χ0n) is 12.3. The first kappa shape index (κ1) is 15.7. The average molecular weight is 340 g/mol. The van der Waals surface area contributed by atoms with Gasteiger partial charge in [0.1, 0.15) is 10.8 Å². The summed E-state index contributed by atoms with van der Waals surface area (Å²) in [4.78, 5) is 26.9. The number of benzene rings is 2. The van der Waals surface area contributed by atoms with Crippen LogP contribution >= 0.6 is 11.3 Å². The summed E-state index contributed by atoms with van der Waals surface area (Å²) in [6.07, 6.45) is 0. The molecule has 0 aliphatic carbocycles. The number of carboxylic acid groups (broad SMARTS) is 1. The molecule has 120 valence electrons. The first-order valence-corrected chi connectivity index (χ1v) is 7.76. The van der Waals surface area contributed by atoms with Crippen molar-refractivity contribution in [3.05, 3.63) is 59.0 Å². The number of amides is 1. The molecule has 4 N–H and O–H groups in total. The molecule has 0 saturated carbocycles. The number of nitrogens with two attached hydrogens (primary N) is 1. The normalized spacial score (nSPS) is 10.5. The summed E-state index contributed by atoms with van der Waals surface area (Å²) in [7, 11) is 0. The van der Waals surface area contributed by atoms with Crippen LogP contribution in [-0.2, 0) is 0 Å². The fraction of sp³-hybridized carbons (Fsp3) is 0. The van der Waals surface area contributed by atoms with Crippen molar-refractivity contribution in [1.29, 1.82) is 0 Å². The maximum absolute atomic E-state index is 11.3. The number of aromatic nitrogens is 1. The Morgan fingerprint density at radius 1 is 1.08 bits per heavy atom. The van der Waals surface area contributed by atoms with E-state index in [-0.39, 0.29) is 16.9 Å². The fourth-order valence-electron chi connectivity index (χ4n) is 2.22. The third-order valence-corrected chi connectivity index (χ3v) is 4.31. The highest BCUT2D eigenvalue weighted by atomic mass is 32.1. The Bertz CT molecular complexity index is 949. The van der Waals surface area contributed by atoms with Gasteiger partial charge in [0, 0.05) is 16.5 Å². The summed E-state index contributed by atoms with van der Waals surface area (Å²) in [5.74, 6) is -1.91. The average Bonchev–Trinajstić information content (AvgIpc) is 3.05. The number of hydrogen-bond acceptors (Lipinski definition) is 5. The summed E-state index contributed by atoms with van der Waals surface area (Å²) < 4.78 is 0. The van der Waals surface area contributed by atoms with Gasteiger partial charge in [-0.3, -0.25) is 4.79 Å². The molecule has 0 bridgehead atoms. The number of carboxylic acids is 1. The minimum absolute atomic E-state index is 0.0231. The van der Waals surface area contributed by atoms with Gasteiger partial charge in [-0.25, -0.2) is 9.78 Å². The number of thiazole rings is 1. The number of primary amides is 1. The standard InChI is InChI=1S/C17H12N2O4S/c18-15(21)12-7-9(4-5-14(12)20)13-8-24-16(19-13)10-2-1-3-11(6-10)17(22)23/h1-8,20H,(H2,18,21)(H,22,23). The zero-order chi connectivity index (χ0) is 17.3. The lowest BCUT2D eigenvalue weighted by Gasteiger charge is -2.03. The Kier molecular flexibility index (Phi) is 4.01. The SMILES string of the molecule is NC(=O)c1cc(-c2csc(-c3cccc(C(=O)O)c3)n2)ccc1O. The van der Waals surface area contributed by atoms with Crippen LogP contribution in [-0.4, -0.2) is 27.1 Å². The largest absolute Gasteiger partial charge is 0.507 e. The van der Waals surface area contributed by atoms with E-state index in [4.69, 9.17) is 10.8 Å². The van der Waals surface area contributed by atoms with Crippen molar-refractivity contribution in [2.45, 2.75) is 0 Å². The Morgan fingerprint density at radius 3 is 2.58 bits per heavy atom. The molecule has 2 aromatic carbocycles. The molecule has 6 nitrogen and oxygen atoms in total. The second kappa shape index (κ2) is 6.13. The van der Waals surface area contributed by atoms with E-state index in [9.17, 15) is 14.7 Å². The zero-order valence-corrected chi connectivity index (χ0v) is 13.1. The van der Waals surface area contributed by atoms with Crippen LogP contribution in [0.25, 0.3) is 21.8 Å². The molecular weight excluding hydrogens is 328 g/mol. The van der Waals surface area contributed by atoms with Gasteiger partial charge in [-0.15, -0.1) is 11.3 Å². The van der Waals surface area contributed by atoms with Crippen molar-refractivity contribution in [1.82, 2.24) is 4.98 Å². The number of aromatic carboxylic acids is 1. The molecule has 7 heteroatoms. The third-order valence-electron chi connectivity index (χ3n) is 3.42. The van der Waals surface area contributed by atoms with Crippen LogP contribution in [0.1, 0.15) is 20.7 Å². The predicted octanol–water partition coefficient (Wildman–Crippen LogP) is 2.98. The van der Waals surface area contributed by atoms with E-state index in [1.165, 1.54) is 29.5 Å². The van der Waals surface area contributed by atoms with Gasteiger partial charge in [0.05, 0.1) is 16.8 Å². The first-order chi connectivity index (χ1) is 11.5. The number of carbonyl (C=O) groups is 2. The lowest BCUT2D eigenvalue weighted by Crippen LogP contribution is -2.11. The number of carbonyl (C=O) groups excluding carboxylic acids is 1. The van der Waals surface area contributed by atoms with Crippen LogP contribution in [0, 0.1) is 0 Å². The highest BCUT2D eigenvalue weighted by Crippen LogP contribution is 2.31. The summed E-state index contributed by atoms with van der Waals surface area (Å²) in [6.45, 7) is 0. The molecule has 0 aliphatic heterocycles. The van der Waals surface area contributed by atoms with Gasteiger partial charge in [-0.05, 0) is 30.3 Å². The van der Waals surface area contributed by atoms with Crippen molar-refractivity contribution in [2.75, 3.05) is 0 Å². The lowest BCUT2D eigenvalue weighted by atomic mass is 10.1. The smallest absolute Gasteiger partial charge is 0.335 e. The second-order valence-corrected chi connectivity index (χ2v) is 5.88. The minimum atomic E-state index is -1.00. The molecule has 0 aliphatic rings. The molecule has 3 rings (SSSR count). The van der Waals surface area contributed by atoms with E-state index in [1.807, 2.05) is 0 Å². The predicted molar refractivity (Wildman–Crippen MR) is 90.1 cm³/mol. The van der Waals surface area contributed by atoms with Gasteiger partial charge in [0.25, 0.3) is 5.91 Å². The van der Waals surface area contributed by atoms with Crippen LogP contribution in [0.15, 0.2) is 47.8 Å². The van der Waals surface area contributed by atoms with E-state index < -0.39 is 11.9 Å². The van der Waals surface area contributed by atoms with Gasteiger partial charge >= 0.3 is 5.97 Å². The summed E-state index contributed by atoms with van der Waals surface area (Å²) >= 11 is 1.35. The van der Waals surface area contributed by atoms with Crippen LogP contribution in [0.2, 0.25) is 0 Å². The molecule has 1 heterocycles. The molecule has 3 aromatic rings. The van der Waals surface area contributed by atoms with E-state index in [1.54, 1.807) is 29.6 Å². The van der Waals surface area contributed by atoms with Crippen molar-refractivity contribution >= 4 is 23.2 Å². The molecule has 24 heavy (non-hydrogen) atoms. The van der Waals surface area contributed by atoms with Gasteiger partial charge in [-0.1, -0.05) is 12.1 Å². The van der Waals surface area contributed by atoms with Crippen molar-refractivity contribution in [3.8, 4) is 27.6 Å². The van der Waals surface area contributed by atoms with Gasteiger partial charge < -0.3 is 15.9 Å². The first-order valence-electron chi connectivity index (χ1n) is 6.88. The Hall–Kier alpha value is -3.19. The molecule has 0 spiro atoms. The van der Waals surface area contributed by atoms with Crippen LogP contribution in [0.4, 0.5) is 0 Å². The Balaban J connectivity index is 2.00. The number of rotatable bonds is 4. The maximum Gasteiger partial charge on any atom is 0.335 e. The van der Waals surface area contributed by atoms with Gasteiger partial charge in [-0.2, -0.15) is 0 Å². The molecule has 0 radical (unpaired) electrons. The van der Waals surface area contributed by atoms with E-state index in [0.717, 1.165) is 0 Å². The van der Waals surface area contributed by atoms with E-state index in [0.29, 0.717) is 21.8 Å². The number of hydrogen-bond donors (Lipinski definition) is 3. The molecule has 0 fully saturated rings. The van der Waals surface area contributed by atoms with E-state index >= 15 is 0 Å². The highest BCUT2D eigenvalue weighted by molar-refractivity contribution is 7.13. The molecule has 0 unspecified atom stereocenters. The van der Waals surface area contributed by atoms with Crippen LogP contribution in [0.3, 0.4) is 0 Å². The van der Waals surface area contributed by atoms with Crippen molar-refractivity contribution < 1.29 is 19.8 Å². The fourth-order valence-corrected chi connectivity index (χ4v) is 3.04. The number of phenols is 1. The monoisotopic (exact) mass is 340 g/mol. The Morgan fingerprint density at radius 2 is 1.88 bits per heavy atom. The van der Waals surface area contributed by atoms with Gasteiger partial charge in [0.2, 0.25) is 0 Å². The lowest BCUT2D eigenvalue weighted by molar-refractivity contribution is 0.0696. The summed E-state index contributed by atoms with van der Waals surface area (Å²) in [5, 5.41) is 21.2. The molecule has 0 saturated heterocycles. The quantitative estimate of drug-likeness (QED) is 0.675. The summed E-state index contributed by atoms with van der Waals surface area (Å²) in [6, 6.07) is 11.0. The maximum atomic E-state index is 11.3. The number of nitrogens with zero attached hydrogens (tertiary/aromatic N) is 1. The minimum Gasteiger partial charge on any atom is -0.507 e. The molecule has 0 atom stereocenters. The Labute approximate surface area is 140 Å². The van der Waals surface area contributed by atoms with Crippen molar-refractivity contribution in [3.63, 3.8) is 0 Å². The van der Waals surface area contributed by atoms with Gasteiger partial charge in [0.15, 0.2) is 0 Å². The van der Waals surface area contributed by atoms with E-state index in [2.05, 4.69) is 4.98 Å². The molecular formula is C17H12N2O4S. The van der Waals surface area contributed by atoms with Crippen molar-refractivity contribution in [2.24, 2.45) is 5.73 Å². The highest BCUT2D eigenvalue weighted by Gasteiger charge is 2.13. The summed E-state index contributed by atoms with van der Waals surface area (Å²) in [5.41, 5.74) is 7.38. The molecule has 1 aromatic heterocycles. The molecule has 1 amide bonds. The number of aromatic hydroxyl groups is 1.